The number of anilines is 1. The number of nitrogens with zero attached hydrogens (tertiary/aromatic N) is 5. The molecule has 2 aromatic heterocycles. The summed E-state index contributed by atoms with van der Waals surface area (Å²) in [6.07, 6.45) is 5.84. The molecule has 8 nitrogen and oxygen atoms in total. The second kappa shape index (κ2) is 8.64. The van der Waals surface area contributed by atoms with Crippen molar-refractivity contribution < 1.29 is 4.79 Å². The molecule has 1 aliphatic heterocycles. The minimum absolute atomic E-state index is 0.180. The number of aromatic nitrogens is 4. The molecule has 0 saturated carbocycles. The maximum absolute atomic E-state index is 13.0. The molecule has 148 valence electrons. The van der Waals surface area contributed by atoms with Crippen LogP contribution in [0.1, 0.15) is 16.2 Å². The third-order valence-corrected chi connectivity index (χ3v) is 5.02. The third-order valence-electron chi connectivity index (χ3n) is 5.02. The summed E-state index contributed by atoms with van der Waals surface area (Å²) in [5.41, 5.74) is 1.96. The Labute approximate surface area is 168 Å². The summed E-state index contributed by atoms with van der Waals surface area (Å²) in [6, 6.07) is 13.0. The zero-order valence-corrected chi connectivity index (χ0v) is 15.9. The van der Waals surface area contributed by atoms with Crippen LogP contribution in [0.15, 0.2) is 65.8 Å². The predicted octanol–water partition coefficient (Wildman–Crippen LogP) is 1.38. The van der Waals surface area contributed by atoms with Gasteiger partial charge >= 0.3 is 0 Å². The highest BCUT2D eigenvalue weighted by molar-refractivity contribution is 5.92. The van der Waals surface area contributed by atoms with Crippen molar-refractivity contribution in [3.8, 4) is 0 Å². The van der Waals surface area contributed by atoms with E-state index in [1.807, 2.05) is 23.1 Å². The molecule has 4 rings (SSSR count). The fraction of sp³-hybridized carbons (Fsp3) is 0.286. The van der Waals surface area contributed by atoms with E-state index < -0.39 is 0 Å². The molecule has 8 heteroatoms. The van der Waals surface area contributed by atoms with E-state index in [0.717, 1.165) is 30.9 Å². The van der Waals surface area contributed by atoms with Crippen LogP contribution in [-0.2, 0) is 6.42 Å². The van der Waals surface area contributed by atoms with Crippen LogP contribution in [0.2, 0.25) is 0 Å². The molecule has 29 heavy (non-hydrogen) atoms. The zero-order valence-electron chi connectivity index (χ0n) is 15.9. The van der Waals surface area contributed by atoms with Gasteiger partial charge < -0.3 is 9.80 Å². The number of H-pyrrole nitrogens is 1. The lowest BCUT2D eigenvalue weighted by Crippen LogP contribution is -2.37. The summed E-state index contributed by atoms with van der Waals surface area (Å²) in [6.45, 7) is 2.69. The minimum Gasteiger partial charge on any atom is -0.369 e. The van der Waals surface area contributed by atoms with E-state index in [-0.39, 0.29) is 23.1 Å². The first-order valence-corrected chi connectivity index (χ1v) is 9.59. The number of para-hydroxylation sites is 1. The van der Waals surface area contributed by atoms with Crippen molar-refractivity contribution in [3.05, 3.63) is 82.8 Å². The molecule has 0 aliphatic carbocycles. The summed E-state index contributed by atoms with van der Waals surface area (Å²) in [5.74, 6) is 0.00132. The van der Waals surface area contributed by atoms with Gasteiger partial charge in [-0.05, 0) is 30.5 Å². The molecule has 0 unspecified atom stereocenters. The predicted molar refractivity (Wildman–Crippen MR) is 109 cm³/mol. The van der Waals surface area contributed by atoms with Crippen molar-refractivity contribution in [1.29, 1.82) is 0 Å². The van der Waals surface area contributed by atoms with Crippen LogP contribution in [0, 0.1) is 5.92 Å². The summed E-state index contributed by atoms with van der Waals surface area (Å²) < 4.78 is 0. The number of rotatable bonds is 4. The highest BCUT2D eigenvalue weighted by Crippen LogP contribution is 2.21. The Bertz CT molecular complexity index is 988. The van der Waals surface area contributed by atoms with E-state index >= 15 is 0 Å². The van der Waals surface area contributed by atoms with Crippen LogP contribution in [0.4, 0.5) is 5.69 Å². The molecule has 1 fully saturated rings. The van der Waals surface area contributed by atoms with Crippen LogP contribution in [0.25, 0.3) is 0 Å². The van der Waals surface area contributed by atoms with Crippen molar-refractivity contribution in [1.82, 2.24) is 25.1 Å². The molecule has 0 bridgehead atoms. The van der Waals surface area contributed by atoms with Gasteiger partial charge in [-0.2, -0.15) is 5.10 Å². The van der Waals surface area contributed by atoms with E-state index in [1.165, 1.54) is 12.1 Å². The standard InChI is InChI=1S/C21H22N6O2/c28-20-7-6-19(24-25-20)21(29)27-11-10-26(18-4-2-1-3-5-18)14-16(15-27)12-17-13-22-8-9-23-17/h1-9,13,16H,10-12,14-15H2,(H,25,28)/t16-/m1/s1. The fourth-order valence-corrected chi connectivity index (χ4v) is 3.65. The fourth-order valence-electron chi connectivity index (χ4n) is 3.65. The van der Waals surface area contributed by atoms with Gasteiger partial charge in [-0.1, -0.05) is 18.2 Å². The van der Waals surface area contributed by atoms with Crippen LogP contribution >= 0.6 is 0 Å². The summed E-state index contributed by atoms with van der Waals surface area (Å²) in [7, 11) is 0. The highest BCUT2D eigenvalue weighted by atomic mass is 16.2. The Kier molecular flexibility index (Phi) is 5.60. The van der Waals surface area contributed by atoms with Crippen LogP contribution < -0.4 is 10.5 Å². The van der Waals surface area contributed by atoms with E-state index in [4.69, 9.17) is 0 Å². The average Bonchev–Trinajstić information content (AvgIpc) is 2.98. The lowest BCUT2D eigenvalue weighted by atomic mass is 10.0. The lowest BCUT2D eigenvalue weighted by Gasteiger charge is -2.25. The Hall–Kier alpha value is -3.55. The summed E-state index contributed by atoms with van der Waals surface area (Å²) in [5, 5.41) is 6.25. The Morgan fingerprint density at radius 2 is 1.93 bits per heavy atom. The number of carbonyl (C=O) groups excluding carboxylic acids is 1. The number of carbonyl (C=O) groups is 1. The molecule has 3 aromatic rings. The van der Waals surface area contributed by atoms with E-state index in [0.29, 0.717) is 13.1 Å². The quantitative estimate of drug-likeness (QED) is 0.723. The second-order valence-corrected chi connectivity index (χ2v) is 7.11. The van der Waals surface area contributed by atoms with Crippen LogP contribution in [-0.4, -0.2) is 57.2 Å². The molecule has 1 amide bonds. The monoisotopic (exact) mass is 390 g/mol. The normalized spacial score (nSPS) is 17.0. The first-order chi connectivity index (χ1) is 14.2. The molecule has 0 radical (unpaired) electrons. The first kappa shape index (κ1) is 18.8. The molecule has 1 atom stereocenters. The average molecular weight is 390 g/mol. The first-order valence-electron chi connectivity index (χ1n) is 9.59. The van der Waals surface area contributed by atoms with Gasteiger partial charge in [-0.15, -0.1) is 0 Å². The van der Waals surface area contributed by atoms with Gasteiger partial charge in [0.15, 0.2) is 0 Å². The molecule has 1 saturated heterocycles. The topological polar surface area (TPSA) is 95.1 Å². The largest absolute Gasteiger partial charge is 0.369 e. The van der Waals surface area contributed by atoms with Crippen molar-refractivity contribution in [2.24, 2.45) is 5.92 Å². The van der Waals surface area contributed by atoms with Gasteiger partial charge in [0.05, 0.1) is 5.69 Å². The van der Waals surface area contributed by atoms with Crippen molar-refractivity contribution >= 4 is 11.6 Å². The Morgan fingerprint density at radius 3 is 2.66 bits per heavy atom. The number of amides is 1. The third kappa shape index (κ3) is 4.66. The number of nitrogens with one attached hydrogen (secondary N) is 1. The molecule has 1 aliphatic rings. The maximum atomic E-state index is 13.0. The molecule has 1 aromatic carbocycles. The van der Waals surface area contributed by atoms with Gasteiger partial charge in [-0.25, -0.2) is 5.10 Å². The van der Waals surface area contributed by atoms with Gasteiger partial charge in [0.1, 0.15) is 5.69 Å². The Balaban J connectivity index is 1.57. The summed E-state index contributed by atoms with van der Waals surface area (Å²) >= 11 is 0. The SMILES string of the molecule is O=C(c1ccc(=O)[nH]n1)N1CCN(c2ccccc2)C[C@@H](Cc2cnccn2)C1. The molecular weight excluding hydrogens is 368 g/mol. The van der Waals surface area contributed by atoms with Crippen molar-refractivity contribution in [2.75, 3.05) is 31.1 Å². The Morgan fingerprint density at radius 1 is 1.07 bits per heavy atom. The number of hydrogen-bond donors (Lipinski definition) is 1. The maximum Gasteiger partial charge on any atom is 0.274 e. The lowest BCUT2D eigenvalue weighted by molar-refractivity contribution is 0.0740. The van der Waals surface area contributed by atoms with Gasteiger partial charge in [0.25, 0.3) is 11.5 Å². The number of benzene rings is 1. The second-order valence-electron chi connectivity index (χ2n) is 7.11. The van der Waals surface area contributed by atoms with Crippen molar-refractivity contribution in [2.45, 2.75) is 6.42 Å². The number of hydrogen-bond acceptors (Lipinski definition) is 6. The number of aromatic amines is 1. The van der Waals surface area contributed by atoms with Crippen LogP contribution in [0.3, 0.4) is 0 Å². The smallest absolute Gasteiger partial charge is 0.274 e. The molecule has 1 N–H and O–H groups in total. The molecular formula is C21H22N6O2. The molecule has 3 heterocycles. The zero-order chi connectivity index (χ0) is 20.1. The minimum atomic E-state index is -0.326. The summed E-state index contributed by atoms with van der Waals surface area (Å²) in [4.78, 5) is 36.9. The van der Waals surface area contributed by atoms with E-state index in [2.05, 4.69) is 37.2 Å². The van der Waals surface area contributed by atoms with Crippen LogP contribution in [0.5, 0.6) is 0 Å². The highest BCUT2D eigenvalue weighted by Gasteiger charge is 2.27. The van der Waals surface area contributed by atoms with E-state index in [9.17, 15) is 9.59 Å². The van der Waals surface area contributed by atoms with Gasteiger partial charge in [0.2, 0.25) is 0 Å². The van der Waals surface area contributed by atoms with Crippen molar-refractivity contribution in [3.63, 3.8) is 0 Å². The van der Waals surface area contributed by atoms with E-state index in [1.54, 1.807) is 18.6 Å². The van der Waals surface area contributed by atoms with Gasteiger partial charge in [0, 0.05) is 56.5 Å². The molecule has 0 spiro atoms. The van der Waals surface area contributed by atoms with Gasteiger partial charge in [-0.3, -0.25) is 19.6 Å².